The Morgan fingerprint density at radius 3 is 1.05 bits per heavy atom. The van der Waals surface area contributed by atoms with Crippen LogP contribution >= 0.6 is 0 Å². The van der Waals surface area contributed by atoms with Gasteiger partial charge in [0.05, 0.1) is 45.3 Å². The lowest BCUT2D eigenvalue weighted by Crippen LogP contribution is -2.31. The Morgan fingerprint density at radius 1 is 0.469 bits per heavy atom. The molecule has 4 atom stereocenters. The topological polar surface area (TPSA) is 47.1 Å². The molecule has 5 aromatic carbocycles. The molecule has 0 saturated carbocycles. The van der Waals surface area contributed by atoms with E-state index in [1.165, 1.54) is 56.0 Å². The van der Waals surface area contributed by atoms with Crippen LogP contribution in [0.5, 0.6) is 0 Å². The van der Waals surface area contributed by atoms with Crippen molar-refractivity contribution in [3.05, 3.63) is 131 Å². The van der Waals surface area contributed by atoms with Crippen LogP contribution in [-0.4, -0.2) is 24.9 Å². The monoisotopic (exact) mass is 882 g/mol. The summed E-state index contributed by atoms with van der Waals surface area (Å²) in [6.45, 7) is 19.9. The molecule has 0 radical (unpaired) electrons. The molecular weight excluding hydrogens is 827 g/mol. The minimum Gasteiger partial charge on any atom is -0.310 e. The van der Waals surface area contributed by atoms with Gasteiger partial charge in [-0.2, -0.15) is 26.3 Å². The summed E-state index contributed by atoms with van der Waals surface area (Å²) in [7, 11) is 0. The lowest BCUT2D eigenvalue weighted by atomic mass is 9.87. The zero-order chi connectivity index (χ0) is 46.8. The van der Waals surface area contributed by atoms with Crippen molar-refractivity contribution in [1.82, 2.24) is 0 Å². The zero-order valence-electron chi connectivity index (χ0n) is 38.0. The van der Waals surface area contributed by atoms with E-state index in [9.17, 15) is 9.59 Å². The Labute approximate surface area is 372 Å². The Kier molecular flexibility index (Phi) is 12.0. The summed E-state index contributed by atoms with van der Waals surface area (Å²) in [5, 5.41) is 0. The van der Waals surface area contributed by atoms with Crippen molar-refractivity contribution in [2.75, 3.05) is 32.7 Å². The van der Waals surface area contributed by atoms with Gasteiger partial charge in [-0.25, -0.2) is 0 Å². The van der Waals surface area contributed by atoms with Crippen LogP contribution in [0, 0.1) is 23.7 Å². The maximum atomic E-state index is 15.2. The first-order chi connectivity index (χ1) is 29.8. The SMILES string of the molecule is CC1CN(c2cc(N(c3ccc(C(C)(C)C)cc3)c3ccccc3C(F)(F)F)c(N3CC(C)C(C)C3=O)cc2N(c2ccc(C(C)(C)C)cc2)c2ccccc2C(F)(F)F)C(=O)C1C. The van der Waals surface area contributed by atoms with Crippen molar-refractivity contribution in [1.29, 1.82) is 0 Å². The normalized spacial score (nSPS) is 19.8. The highest BCUT2D eigenvalue weighted by molar-refractivity contribution is 6.08. The van der Waals surface area contributed by atoms with E-state index >= 15 is 26.3 Å². The van der Waals surface area contributed by atoms with Gasteiger partial charge in [0.2, 0.25) is 11.8 Å². The van der Waals surface area contributed by atoms with E-state index in [-0.39, 0.29) is 81.7 Å². The van der Waals surface area contributed by atoms with Gasteiger partial charge in [-0.1, -0.05) is 118 Å². The second kappa shape index (κ2) is 16.7. The third-order valence-corrected chi connectivity index (χ3v) is 13.0. The first-order valence-corrected chi connectivity index (χ1v) is 21.7. The molecule has 0 bridgehead atoms. The predicted octanol–water partition coefficient (Wildman–Crippen LogP) is 14.5. The quantitative estimate of drug-likeness (QED) is 0.146. The van der Waals surface area contributed by atoms with Crippen LogP contribution < -0.4 is 19.6 Å². The number of amides is 2. The van der Waals surface area contributed by atoms with Gasteiger partial charge in [-0.15, -0.1) is 0 Å². The largest absolute Gasteiger partial charge is 0.418 e. The Bertz CT molecular complexity index is 2360. The lowest BCUT2D eigenvalue weighted by Gasteiger charge is -2.37. The molecule has 2 amide bonds. The summed E-state index contributed by atoms with van der Waals surface area (Å²) < 4.78 is 91.4. The fourth-order valence-corrected chi connectivity index (χ4v) is 8.68. The van der Waals surface area contributed by atoms with Crippen LogP contribution in [0.2, 0.25) is 0 Å². The molecule has 2 aliphatic rings. The summed E-state index contributed by atoms with van der Waals surface area (Å²) in [5.41, 5.74) is 0.186. The summed E-state index contributed by atoms with van der Waals surface area (Å²) >= 11 is 0. The average molecular weight is 883 g/mol. The Morgan fingerprint density at radius 2 is 0.781 bits per heavy atom. The molecule has 0 aliphatic carbocycles. The molecule has 12 heteroatoms. The Balaban J connectivity index is 1.66. The van der Waals surface area contributed by atoms with Gasteiger partial charge in [0, 0.05) is 36.3 Å². The third kappa shape index (κ3) is 8.72. The van der Waals surface area contributed by atoms with E-state index in [2.05, 4.69) is 0 Å². The van der Waals surface area contributed by atoms with E-state index < -0.39 is 35.3 Å². The number of para-hydroxylation sites is 2. The number of carbonyl (C=O) groups excluding carboxylic acids is 2. The van der Waals surface area contributed by atoms with Crippen molar-refractivity contribution in [2.24, 2.45) is 23.7 Å². The smallest absolute Gasteiger partial charge is 0.310 e. The average Bonchev–Trinajstić information content (AvgIpc) is 3.63. The van der Waals surface area contributed by atoms with Crippen molar-refractivity contribution >= 4 is 57.3 Å². The van der Waals surface area contributed by atoms with E-state index in [1.807, 2.05) is 79.7 Å². The van der Waals surface area contributed by atoms with Crippen molar-refractivity contribution in [2.45, 2.75) is 92.4 Å². The van der Waals surface area contributed by atoms with Gasteiger partial charge in [0.15, 0.2) is 0 Å². The molecule has 6 nitrogen and oxygen atoms in total. The van der Waals surface area contributed by atoms with Crippen molar-refractivity contribution in [3.8, 4) is 0 Å². The number of benzene rings is 5. The molecular formula is C52H56F6N4O2. The van der Waals surface area contributed by atoms with E-state index in [0.717, 1.165) is 23.3 Å². The molecule has 0 aromatic heterocycles. The molecule has 338 valence electrons. The van der Waals surface area contributed by atoms with Crippen LogP contribution in [0.4, 0.5) is 71.8 Å². The third-order valence-electron chi connectivity index (χ3n) is 13.0. The van der Waals surface area contributed by atoms with Crippen LogP contribution in [-0.2, 0) is 32.8 Å². The summed E-state index contributed by atoms with van der Waals surface area (Å²) in [4.78, 5) is 34.9. The molecule has 7 rings (SSSR count). The predicted molar refractivity (Wildman–Crippen MR) is 245 cm³/mol. The fourth-order valence-electron chi connectivity index (χ4n) is 8.68. The maximum absolute atomic E-state index is 15.2. The summed E-state index contributed by atoms with van der Waals surface area (Å²) in [6.07, 6.45) is -9.63. The molecule has 4 unspecified atom stereocenters. The molecule has 0 spiro atoms. The van der Waals surface area contributed by atoms with Gasteiger partial charge < -0.3 is 19.6 Å². The number of hydrogen-bond donors (Lipinski definition) is 0. The lowest BCUT2D eigenvalue weighted by molar-refractivity contribution is -0.137. The minimum atomic E-state index is -4.82. The zero-order valence-corrected chi connectivity index (χ0v) is 38.0. The van der Waals surface area contributed by atoms with Gasteiger partial charge in [0.25, 0.3) is 0 Å². The van der Waals surface area contributed by atoms with Crippen molar-refractivity contribution in [3.63, 3.8) is 0 Å². The molecule has 2 fully saturated rings. The first kappa shape index (κ1) is 46.2. The van der Waals surface area contributed by atoms with Gasteiger partial charge in [0.1, 0.15) is 0 Å². The molecule has 2 heterocycles. The number of rotatable bonds is 8. The highest BCUT2D eigenvalue weighted by atomic mass is 19.4. The summed E-state index contributed by atoms with van der Waals surface area (Å²) in [6, 6.07) is 27.9. The van der Waals surface area contributed by atoms with Crippen LogP contribution in [0.3, 0.4) is 0 Å². The Hall–Kier alpha value is -5.78. The number of anilines is 8. The first-order valence-electron chi connectivity index (χ1n) is 21.7. The van der Waals surface area contributed by atoms with E-state index in [0.29, 0.717) is 11.4 Å². The standard InChI is InChI=1S/C52H56F6N4O2/c1-31-29-59(47(63)33(31)3)43-27-46(62(38-25-21-36(22-26-38)50(8,9)10)42-18-14-12-16-40(42)52(56,57)58)44(60-30-32(2)34(4)48(60)64)28-45(43)61(37-23-19-35(20-24-37)49(5,6)7)41-17-13-11-15-39(41)51(53,54)55/h11-28,31-34H,29-30H2,1-10H3. The summed E-state index contributed by atoms with van der Waals surface area (Å²) in [5.74, 6) is -1.91. The van der Waals surface area contributed by atoms with Crippen LogP contribution in [0.15, 0.2) is 109 Å². The second-order valence-corrected chi connectivity index (χ2v) is 19.6. The van der Waals surface area contributed by atoms with Crippen molar-refractivity contribution < 1.29 is 35.9 Å². The molecule has 2 aliphatic heterocycles. The molecule has 2 saturated heterocycles. The number of hydrogen-bond acceptors (Lipinski definition) is 4. The molecule has 5 aromatic rings. The van der Waals surface area contributed by atoms with Gasteiger partial charge in [-0.05, 0) is 94.5 Å². The van der Waals surface area contributed by atoms with E-state index in [4.69, 9.17) is 0 Å². The fraction of sp³-hybridized carbons (Fsp3) is 0.385. The highest BCUT2D eigenvalue weighted by Gasteiger charge is 2.44. The number of carbonyl (C=O) groups is 2. The minimum absolute atomic E-state index is 0.140. The van der Waals surface area contributed by atoms with E-state index in [1.54, 1.807) is 50.2 Å². The number of nitrogens with zero attached hydrogens (tertiary/aromatic N) is 4. The van der Waals surface area contributed by atoms with Crippen LogP contribution in [0.1, 0.15) is 91.5 Å². The number of halogens is 6. The highest BCUT2D eigenvalue weighted by Crippen LogP contribution is 2.54. The van der Waals surface area contributed by atoms with Gasteiger partial charge in [-0.3, -0.25) is 9.59 Å². The van der Waals surface area contributed by atoms with Crippen LogP contribution in [0.25, 0.3) is 0 Å². The molecule has 0 N–H and O–H groups in total. The maximum Gasteiger partial charge on any atom is 0.418 e. The number of alkyl halides is 6. The molecule has 64 heavy (non-hydrogen) atoms. The van der Waals surface area contributed by atoms with Gasteiger partial charge >= 0.3 is 12.4 Å². The second-order valence-electron chi connectivity index (χ2n) is 19.6.